The summed E-state index contributed by atoms with van der Waals surface area (Å²) in [5.74, 6) is -4.91. The van der Waals surface area contributed by atoms with Gasteiger partial charge in [0.25, 0.3) is 0 Å². The summed E-state index contributed by atoms with van der Waals surface area (Å²) < 4.78 is 0. The van der Waals surface area contributed by atoms with E-state index in [1.807, 2.05) is 0 Å². The first-order valence-corrected chi connectivity index (χ1v) is 8.56. The maximum absolute atomic E-state index is 12.2. The van der Waals surface area contributed by atoms with E-state index in [2.05, 4.69) is 10.6 Å². The molecule has 3 amide bonds. The molecular weight excluding hydrogens is 356 g/mol. The SMILES string of the molecule is CSCC[C@H](NC(=O)[C@@H](N)CC(N)=O)C(=O)N[C@@H](CC(=O)O)C(=O)O. The van der Waals surface area contributed by atoms with Gasteiger partial charge in [-0.2, -0.15) is 11.8 Å². The third-order valence-corrected chi connectivity index (χ3v) is 3.64. The molecule has 0 radical (unpaired) electrons. The van der Waals surface area contributed by atoms with Gasteiger partial charge in [-0.1, -0.05) is 0 Å². The van der Waals surface area contributed by atoms with Gasteiger partial charge >= 0.3 is 11.9 Å². The van der Waals surface area contributed by atoms with Crippen LogP contribution in [0.1, 0.15) is 19.3 Å². The summed E-state index contributed by atoms with van der Waals surface area (Å²) in [6.07, 6.45) is 0.687. The topological polar surface area (TPSA) is 202 Å². The maximum atomic E-state index is 12.2. The molecule has 12 heteroatoms. The minimum Gasteiger partial charge on any atom is -0.481 e. The maximum Gasteiger partial charge on any atom is 0.326 e. The lowest BCUT2D eigenvalue weighted by molar-refractivity contribution is -0.147. The summed E-state index contributed by atoms with van der Waals surface area (Å²) >= 11 is 1.38. The van der Waals surface area contributed by atoms with Crippen molar-refractivity contribution in [1.29, 1.82) is 0 Å². The van der Waals surface area contributed by atoms with E-state index in [0.717, 1.165) is 0 Å². The van der Waals surface area contributed by atoms with Gasteiger partial charge in [-0.05, 0) is 18.4 Å². The first-order valence-electron chi connectivity index (χ1n) is 7.16. The van der Waals surface area contributed by atoms with Crippen molar-refractivity contribution in [3.05, 3.63) is 0 Å². The Morgan fingerprint density at radius 3 is 2.00 bits per heavy atom. The Hall–Kier alpha value is -2.34. The molecular formula is C13H22N4O7S. The molecule has 0 heterocycles. The van der Waals surface area contributed by atoms with Gasteiger partial charge in [0.05, 0.1) is 18.9 Å². The lowest BCUT2D eigenvalue weighted by Crippen LogP contribution is -2.55. The molecule has 0 unspecified atom stereocenters. The number of aliphatic carboxylic acids is 2. The summed E-state index contributed by atoms with van der Waals surface area (Å²) in [7, 11) is 0. The highest BCUT2D eigenvalue weighted by Crippen LogP contribution is 2.04. The number of primary amides is 1. The van der Waals surface area contributed by atoms with Crippen LogP contribution in [0.25, 0.3) is 0 Å². The average Bonchev–Trinajstić information content (AvgIpc) is 2.48. The highest BCUT2D eigenvalue weighted by molar-refractivity contribution is 7.98. The van der Waals surface area contributed by atoms with E-state index in [4.69, 9.17) is 21.7 Å². The number of rotatable bonds is 12. The van der Waals surface area contributed by atoms with E-state index in [1.54, 1.807) is 6.26 Å². The average molecular weight is 378 g/mol. The zero-order chi connectivity index (χ0) is 19.6. The Balaban J connectivity index is 5.01. The van der Waals surface area contributed by atoms with Crippen molar-refractivity contribution in [3.63, 3.8) is 0 Å². The monoisotopic (exact) mass is 378 g/mol. The molecule has 0 aliphatic rings. The second-order valence-corrected chi connectivity index (χ2v) is 6.10. The molecule has 0 fully saturated rings. The fourth-order valence-electron chi connectivity index (χ4n) is 1.74. The number of nitrogens with one attached hydrogen (secondary N) is 2. The van der Waals surface area contributed by atoms with Crippen molar-refractivity contribution in [2.45, 2.75) is 37.4 Å². The zero-order valence-electron chi connectivity index (χ0n) is 13.6. The second kappa shape index (κ2) is 11.3. The molecule has 3 atom stereocenters. The Morgan fingerprint density at radius 2 is 1.56 bits per heavy atom. The molecule has 0 spiro atoms. The van der Waals surface area contributed by atoms with Crippen molar-refractivity contribution in [3.8, 4) is 0 Å². The Morgan fingerprint density at radius 1 is 1.00 bits per heavy atom. The molecule has 0 rings (SSSR count). The molecule has 0 bridgehead atoms. The fourth-order valence-corrected chi connectivity index (χ4v) is 2.21. The standard InChI is InChI=1S/C13H22N4O7S/c1-25-3-2-7(16-11(21)6(14)4-9(15)18)12(22)17-8(13(23)24)5-10(19)20/h6-8H,2-5,14H2,1H3,(H2,15,18)(H,16,21)(H,17,22)(H,19,20)(H,23,24)/t6-,7-,8-/m0/s1. The third kappa shape index (κ3) is 9.52. The van der Waals surface area contributed by atoms with E-state index in [-0.39, 0.29) is 6.42 Å². The molecule has 0 aromatic rings. The van der Waals surface area contributed by atoms with Gasteiger partial charge in [-0.3, -0.25) is 19.2 Å². The van der Waals surface area contributed by atoms with E-state index in [1.165, 1.54) is 11.8 Å². The predicted octanol–water partition coefficient (Wildman–Crippen LogP) is -2.53. The number of hydrogen-bond acceptors (Lipinski definition) is 7. The molecule has 8 N–H and O–H groups in total. The van der Waals surface area contributed by atoms with Crippen molar-refractivity contribution >= 4 is 41.4 Å². The molecule has 142 valence electrons. The van der Waals surface area contributed by atoms with E-state index in [0.29, 0.717) is 5.75 Å². The van der Waals surface area contributed by atoms with Crippen LogP contribution in [-0.4, -0.2) is 70.0 Å². The van der Waals surface area contributed by atoms with Crippen LogP contribution in [0.4, 0.5) is 0 Å². The number of amides is 3. The zero-order valence-corrected chi connectivity index (χ0v) is 14.4. The Bertz CT molecular complexity index is 529. The van der Waals surface area contributed by atoms with Crippen LogP contribution in [0.3, 0.4) is 0 Å². The van der Waals surface area contributed by atoms with Gasteiger partial charge < -0.3 is 32.3 Å². The number of thioether (sulfide) groups is 1. The molecule has 0 aliphatic heterocycles. The van der Waals surface area contributed by atoms with Crippen LogP contribution in [-0.2, 0) is 24.0 Å². The Labute approximate surface area is 147 Å². The summed E-state index contributed by atoms with van der Waals surface area (Å²) in [6, 6.07) is -4.02. The minimum absolute atomic E-state index is 0.154. The number of carboxylic acid groups (broad SMARTS) is 2. The van der Waals surface area contributed by atoms with Crippen LogP contribution < -0.4 is 22.1 Å². The molecule has 0 aromatic carbocycles. The van der Waals surface area contributed by atoms with Crippen molar-refractivity contribution in [2.24, 2.45) is 11.5 Å². The van der Waals surface area contributed by atoms with E-state index < -0.39 is 60.6 Å². The van der Waals surface area contributed by atoms with Crippen LogP contribution in [0.2, 0.25) is 0 Å². The van der Waals surface area contributed by atoms with Gasteiger partial charge in [-0.15, -0.1) is 0 Å². The molecule has 0 saturated carbocycles. The van der Waals surface area contributed by atoms with Crippen LogP contribution >= 0.6 is 11.8 Å². The van der Waals surface area contributed by atoms with Crippen molar-refractivity contribution in [1.82, 2.24) is 10.6 Å². The normalized spacial score (nSPS) is 14.0. The quantitative estimate of drug-likeness (QED) is 0.212. The van der Waals surface area contributed by atoms with E-state index in [9.17, 15) is 24.0 Å². The molecule has 0 aromatic heterocycles. The molecule has 11 nitrogen and oxygen atoms in total. The van der Waals surface area contributed by atoms with Gasteiger partial charge in [0, 0.05) is 0 Å². The number of nitrogens with two attached hydrogens (primary N) is 2. The summed E-state index contributed by atoms with van der Waals surface area (Å²) in [4.78, 5) is 56.6. The van der Waals surface area contributed by atoms with Gasteiger partial charge in [0.15, 0.2) is 0 Å². The van der Waals surface area contributed by atoms with Crippen LogP contribution in [0, 0.1) is 0 Å². The lowest BCUT2D eigenvalue weighted by atomic mass is 10.1. The first kappa shape index (κ1) is 22.7. The highest BCUT2D eigenvalue weighted by atomic mass is 32.2. The van der Waals surface area contributed by atoms with Gasteiger partial charge in [-0.25, -0.2) is 4.79 Å². The molecule has 0 aliphatic carbocycles. The number of carbonyl (C=O) groups is 5. The molecule has 0 saturated heterocycles. The number of carbonyl (C=O) groups excluding carboxylic acids is 3. The minimum atomic E-state index is -1.64. The summed E-state index contributed by atoms with van der Waals surface area (Å²) in [5.41, 5.74) is 10.4. The third-order valence-electron chi connectivity index (χ3n) is 2.99. The molecule has 25 heavy (non-hydrogen) atoms. The highest BCUT2D eigenvalue weighted by Gasteiger charge is 2.29. The van der Waals surface area contributed by atoms with Gasteiger partial charge in [0.2, 0.25) is 17.7 Å². The predicted molar refractivity (Wildman–Crippen MR) is 88.5 cm³/mol. The first-order chi connectivity index (χ1) is 11.6. The second-order valence-electron chi connectivity index (χ2n) is 5.12. The fraction of sp³-hybridized carbons (Fsp3) is 0.615. The summed E-state index contributed by atoms with van der Waals surface area (Å²) in [6.45, 7) is 0. The van der Waals surface area contributed by atoms with Crippen LogP contribution in [0.15, 0.2) is 0 Å². The summed E-state index contributed by atoms with van der Waals surface area (Å²) in [5, 5.41) is 22.0. The lowest BCUT2D eigenvalue weighted by Gasteiger charge is -2.22. The van der Waals surface area contributed by atoms with Gasteiger partial charge in [0.1, 0.15) is 12.1 Å². The number of carboxylic acids is 2. The van der Waals surface area contributed by atoms with Crippen LogP contribution in [0.5, 0.6) is 0 Å². The number of hydrogen-bond donors (Lipinski definition) is 6. The van der Waals surface area contributed by atoms with Crippen molar-refractivity contribution in [2.75, 3.05) is 12.0 Å². The van der Waals surface area contributed by atoms with Crippen molar-refractivity contribution < 1.29 is 34.2 Å². The largest absolute Gasteiger partial charge is 0.481 e. The smallest absolute Gasteiger partial charge is 0.326 e. The van der Waals surface area contributed by atoms with E-state index >= 15 is 0 Å². The Kier molecular flexibility index (Phi) is 10.2.